The SMILES string of the molecule is COc1cc(-c2[nH]c3c(C#N)cnn3c2Nc2cccc(C(=O)O)c2C)cc(Cl)c1OC. The molecule has 0 aliphatic heterocycles. The van der Waals surface area contributed by atoms with Gasteiger partial charge in [0, 0.05) is 11.3 Å². The fourth-order valence-corrected chi connectivity index (χ4v) is 3.81. The highest BCUT2D eigenvalue weighted by Crippen LogP contribution is 2.41. The van der Waals surface area contributed by atoms with Gasteiger partial charge in [0.2, 0.25) is 0 Å². The lowest BCUT2D eigenvalue weighted by Crippen LogP contribution is -2.04. The third-order valence-corrected chi connectivity index (χ3v) is 5.40. The summed E-state index contributed by atoms with van der Waals surface area (Å²) in [6.07, 6.45) is 1.45. The minimum absolute atomic E-state index is 0.177. The number of nitriles is 1. The molecule has 0 saturated carbocycles. The molecule has 0 unspecified atom stereocenters. The maximum Gasteiger partial charge on any atom is 0.336 e. The summed E-state index contributed by atoms with van der Waals surface area (Å²) in [6, 6.07) is 10.5. The van der Waals surface area contributed by atoms with Gasteiger partial charge in [0.05, 0.1) is 36.7 Å². The number of carbonyl (C=O) groups is 1. The Balaban J connectivity index is 1.94. The van der Waals surface area contributed by atoms with E-state index in [9.17, 15) is 15.2 Å². The minimum Gasteiger partial charge on any atom is -0.493 e. The highest BCUT2D eigenvalue weighted by atomic mass is 35.5. The number of methoxy groups -OCH3 is 2. The molecule has 162 valence electrons. The number of ether oxygens (including phenoxy) is 2. The van der Waals surface area contributed by atoms with Gasteiger partial charge in [-0.15, -0.1) is 0 Å². The second-order valence-corrected chi connectivity index (χ2v) is 7.29. The largest absolute Gasteiger partial charge is 0.493 e. The summed E-state index contributed by atoms with van der Waals surface area (Å²) in [6.45, 7) is 1.71. The molecule has 9 nitrogen and oxygen atoms in total. The first-order chi connectivity index (χ1) is 15.4. The van der Waals surface area contributed by atoms with Crippen molar-refractivity contribution >= 4 is 34.7 Å². The lowest BCUT2D eigenvalue weighted by molar-refractivity contribution is 0.0696. The fraction of sp³-hybridized carbons (Fsp3) is 0.136. The fourth-order valence-electron chi connectivity index (χ4n) is 3.52. The van der Waals surface area contributed by atoms with E-state index >= 15 is 0 Å². The van der Waals surface area contributed by atoms with Crippen LogP contribution in [0.25, 0.3) is 16.9 Å². The zero-order chi connectivity index (χ0) is 23.0. The van der Waals surface area contributed by atoms with Crippen LogP contribution in [-0.4, -0.2) is 39.9 Å². The van der Waals surface area contributed by atoms with Gasteiger partial charge in [-0.2, -0.15) is 14.9 Å². The summed E-state index contributed by atoms with van der Waals surface area (Å²) >= 11 is 6.41. The molecule has 3 N–H and O–H groups in total. The lowest BCUT2D eigenvalue weighted by Gasteiger charge is -2.14. The van der Waals surface area contributed by atoms with Crippen LogP contribution in [0.15, 0.2) is 36.5 Å². The van der Waals surface area contributed by atoms with Gasteiger partial charge in [0.25, 0.3) is 0 Å². The molecule has 32 heavy (non-hydrogen) atoms. The Bertz CT molecular complexity index is 1400. The van der Waals surface area contributed by atoms with Gasteiger partial charge in [-0.3, -0.25) is 0 Å². The number of benzene rings is 2. The molecule has 2 aromatic heterocycles. The maximum absolute atomic E-state index is 11.6. The van der Waals surface area contributed by atoms with Crippen molar-refractivity contribution < 1.29 is 19.4 Å². The minimum atomic E-state index is -1.02. The molecule has 4 aromatic rings. The molecule has 10 heteroatoms. The number of hydrogen-bond acceptors (Lipinski definition) is 6. The predicted octanol–water partition coefficient (Wildman–Crippen LogP) is 4.62. The Labute approximate surface area is 187 Å². The number of halogens is 1. The van der Waals surface area contributed by atoms with Crippen molar-refractivity contribution in [3.8, 4) is 28.8 Å². The van der Waals surface area contributed by atoms with E-state index in [1.54, 1.807) is 35.7 Å². The molecule has 0 aliphatic carbocycles. The number of H-pyrrole nitrogens is 1. The molecule has 0 saturated heterocycles. The summed E-state index contributed by atoms with van der Waals surface area (Å²) in [5.74, 6) is 0.294. The van der Waals surface area contributed by atoms with Crippen LogP contribution >= 0.6 is 11.6 Å². The number of nitrogens with zero attached hydrogens (tertiary/aromatic N) is 3. The number of imidazole rings is 1. The predicted molar refractivity (Wildman–Crippen MR) is 119 cm³/mol. The number of aromatic carboxylic acids is 1. The molecule has 0 bridgehead atoms. The van der Waals surface area contributed by atoms with Crippen LogP contribution in [0.1, 0.15) is 21.5 Å². The summed E-state index contributed by atoms with van der Waals surface area (Å²) in [7, 11) is 3.00. The van der Waals surface area contributed by atoms with Crippen LogP contribution in [0, 0.1) is 18.3 Å². The van der Waals surface area contributed by atoms with E-state index in [4.69, 9.17) is 21.1 Å². The Morgan fingerprint density at radius 3 is 2.75 bits per heavy atom. The molecule has 0 fully saturated rings. The molecule has 0 radical (unpaired) electrons. The van der Waals surface area contributed by atoms with E-state index in [2.05, 4.69) is 21.5 Å². The van der Waals surface area contributed by atoms with E-state index in [-0.39, 0.29) is 5.56 Å². The van der Waals surface area contributed by atoms with Gasteiger partial charge in [0.1, 0.15) is 11.6 Å². The van der Waals surface area contributed by atoms with Crippen molar-refractivity contribution in [1.29, 1.82) is 5.26 Å². The number of rotatable bonds is 6. The topological polar surface area (TPSA) is 125 Å². The van der Waals surface area contributed by atoms with Gasteiger partial charge in [-0.1, -0.05) is 17.7 Å². The van der Waals surface area contributed by atoms with E-state index in [1.807, 2.05) is 0 Å². The lowest BCUT2D eigenvalue weighted by atomic mass is 10.1. The van der Waals surface area contributed by atoms with E-state index in [1.165, 1.54) is 26.5 Å². The standard InChI is InChI=1S/C22H18ClN5O4/c1-11-14(22(29)30)5-4-6-16(11)26-21-18(27-20-13(9-24)10-25-28(20)21)12-7-15(23)19(32-3)17(8-12)31-2/h4-8,10,26-27H,1-3H3,(H,29,30). The van der Waals surface area contributed by atoms with Crippen LogP contribution in [0.5, 0.6) is 11.5 Å². The monoisotopic (exact) mass is 451 g/mol. The normalized spacial score (nSPS) is 10.7. The van der Waals surface area contributed by atoms with Crippen LogP contribution in [0.3, 0.4) is 0 Å². The van der Waals surface area contributed by atoms with Crippen LogP contribution in [-0.2, 0) is 0 Å². The summed E-state index contributed by atoms with van der Waals surface area (Å²) in [4.78, 5) is 14.8. The van der Waals surface area contributed by atoms with Crippen molar-refractivity contribution in [3.63, 3.8) is 0 Å². The Hall–Kier alpha value is -4.16. The first-order valence-corrected chi connectivity index (χ1v) is 9.79. The Morgan fingerprint density at radius 1 is 1.31 bits per heavy atom. The first-order valence-electron chi connectivity index (χ1n) is 9.41. The molecule has 0 spiro atoms. The highest BCUT2D eigenvalue weighted by molar-refractivity contribution is 6.32. The molecule has 2 heterocycles. The third kappa shape index (κ3) is 3.36. The number of aromatic amines is 1. The molecular formula is C22H18ClN5O4. The van der Waals surface area contributed by atoms with Crippen molar-refractivity contribution in [1.82, 2.24) is 14.6 Å². The summed E-state index contributed by atoms with van der Waals surface area (Å²) < 4.78 is 12.3. The zero-order valence-corrected chi connectivity index (χ0v) is 18.1. The van der Waals surface area contributed by atoms with Crippen LogP contribution < -0.4 is 14.8 Å². The van der Waals surface area contributed by atoms with Crippen molar-refractivity contribution in [3.05, 3.63) is 58.2 Å². The molecular weight excluding hydrogens is 434 g/mol. The molecule has 0 amide bonds. The maximum atomic E-state index is 11.6. The van der Waals surface area contributed by atoms with Crippen LogP contribution in [0.4, 0.5) is 11.5 Å². The van der Waals surface area contributed by atoms with Gasteiger partial charge >= 0.3 is 5.97 Å². The number of hydrogen-bond donors (Lipinski definition) is 3. The van der Waals surface area contributed by atoms with Crippen molar-refractivity contribution in [2.45, 2.75) is 6.92 Å². The smallest absolute Gasteiger partial charge is 0.336 e. The number of carboxylic acids is 1. The average Bonchev–Trinajstić information content (AvgIpc) is 3.34. The van der Waals surface area contributed by atoms with Crippen molar-refractivity contribution in [2.24, 2.45) is 0 Å². The number of fused-ring (bicyclic) bond motifs is 1. The van der Waals surface area contributed by atoms with Gasteiger partial charge in [-0.05, 0) is 36.8 Å². The zero-order valence-electron chi connectivity index (χ0n) is 17.4. The number of carboxylic acid groups (broad SMARTS) is 1. The first kappa shape index (κ1) is 21.1. The molecule has 2 aromatic carbocycles. The number of anilines is 2. The Morgan fingerprint density at radius 2 is 2.09 bits per heavy atom. The van der Waals surface area contributed by atoms with Gasteiger partial charge in [-0.25, -0.2) is 4.79 Å². The third-order valence-electron chi connectivity index (χ3n) is 5.12. The second kappa shape index (κ2) is 8.17. The number of nitrogens with one attached hydrogen (secondary N) is 2. The molecule has 0 aliphatic rings. The molecule has 4 rings (SSSR count). The summed E-state index contributed by atoms with van der Waals surface area (Å²) in [5.41, 5.74) is 3.36. The average molecular weight is 452 g/mol. The highest BCUT2D eigenvalue weighted by Gasteiger charge is 2.21. The summed E-state index contributed by atoms with van der Waals surface area (Å²) in [5, 5.41) is 26.8. The Kier molecular flexibility index (Phi) is 5.38. The second-order valence-electron chi connectivity index (χ2n) is 6.88. The van der Waals surface area contributed by atoms with Gasteiger partial charge < -0.3 is 24.9 Å². The van der Waals surface area contributed by atoms with Crippen LogP contribution in [0.2, 0.25) is 5.02 Å². The molecule has 0 atom stereocenters. The number of aromatic nitrogens is 3. The van der Waals surface area contributed by atoms with Crippen molar-refractivity contribution in [2.75, 3.05) is 19.5 Å². The van der Waals surface area contributed by atoms with E-state index < -0.39 is 5.97 Å². The quantitative estimate of drug-likeness (QED) is 0.390. The van der Waals surface area contributed by atoms with E-state index in [0.29, 0.717) is 56.1 Å². The van der Waals surface area contributed by atoms with Gasteiger partial charge in [0.15, 0.2) is 23.0 Å². The van der Waals surface area contributed by atoms with E-state index in [0.717, 1.165) is 0 Å².